The molecule has 1 fully saturated rings. The third-order valence-electron chi connectivity index (χ3n) is 4.98. The van der Waals surface area contributed by atoms with E-state index >= 15 is 0 Å². The Balaban J connectivity index is 1.51. The van der Waals surface area contributed by atoms with Crippen molar-refractivity contribution in [1.29, 1.82) is 0 Å². The van der Waals surface area contributed by atoms with Crippen LogP contribution in [-0.2, 0) is 6.42 Å². The first-order chi connectivity index (χ1) is 13.6. The number of hydrogen-bond acceptors (Lipinski definition) is 6. The van der Waals surface area contributed by atoms with Gasteiger partial charge in [-0.1, -0.05) is 6.07 Å². The van der Waals surface area contributed by atoms with E-state index in [9.17, 15) is 4.79 Å². The van der Waals surface area contributed by atoms with E-state index in [1.54, 1.807) is 20.4 Å². The van der Waals surface area contributed by atoms with Gasteiger partial charge in [-0.05, 0) is 43.3 Å². The molecule has 0 radical (unpaired) electrons. The van der Waals surface area contributed by atoms with Gasteiger partial charge in [-0.25, -0.2) is 4.98 Å². The van der Waals surface area contributed by atoms with Gasteiger partial charge in [-0.15, -0.1) is 0 Å². The van der Waals surface area contributed by atoms with E-state index in [-0.39, 0.29) is 5.91 Å². The minimum Gasteiger partial charge on any atom is -0.493 e. The number of pyridine rings is 1. The number of nitrogens with one attached hydrogen (secondary N) is 1. The highest BCUT2D eigenvalue weighted by atomic mass is 16.5. The summed E-state index contributed by atoms with van der Waals surface area (Å²) in [6.07, 6.45) is 2.36. The number of carbonyl (C=O) groups excluding carboxylic acids is 1. The number of hydrogen-bond donors (Lipinski definition) is 1. The predicted octanol–water partition coefficient (Wildman–Crippen LogP) is 1.82. The standard InChI is InChI=1S/C21H28N4O3/c1-24-10-12-25(13-11-24)20-7-5-17(15-23-20)21(26)22-9-8-16-4-6-18(27-2)19(14-16)28-3/h4-7,14-15H,8-13H2,1-3H3,(H,22,26). The minimum absolute atomic E-state index is 0.113. The van der Waals surface area contributed by atoms with Gasteiger partial charge >= 0.3 is 0 Å². The number of anilines is 1. The summed E-state index contributed by atoms with van der Waals surface area (Å²) < 4.78 is 10.6. The van der Waals surface area contributed by atoms with Gasteiger partial charge in [0.15, 0.2) is 11.5 Å². The molecule has 1 aliphatic rings. The molecule has 1 aliphatic heterocycles. The molecule has 2 heterocycles. The smallest absolute Gasteiger partial charge is 0.252 e. The molecule has 0 unspecified atom stereocenters. The molecular weight excluding hydrogens is 356 g/mol. The van der Waals surface area contributed by atoms with Crippen molar-refractivity contribution >= 4 is 11.7 Å². The number of carbonyl (C=O) groups is 1. The molecule has 7 nitrogen and oxygen atoms in total. The monoisotopic (exact) mass is 384 g/mol. The molecule has 28 heavy (non-hydrogen) atoms. The lowest BCUT2D eigenvalue weighted by Gasteiger charge is -2.33. The maximum absolute atomic E-state index is 12.4. The van der Waals surface area contributed by atoms with Crippen LogP contribution in [0.4, 0.5) is 5.82 Å². The van der Waals surface area contributed by atoms with Crippen LogP contribution in [0.15, 0.2) is 36.5 Å². The van der Waals surface area contributed by atoms with Crippen LogP contribution in [0.1, 0.15) is 15.9 Å². The van der Waals surface area contributed by atoms with E-state index in [0.717, 1.165) is 37.6 Å². The van der Waals surface area contributed by atoms with Gasteiger partial charge in [0.05, 0.1) is 19.8 Å². The summed E-state index contributed by atoms with van der Waals surface area (Å²) in [6, 6.07) is 9.54. The number of ether oxygens (including phenoxy) is 2. The van der Waals surface area contributed by atoms with E-state index < -0.39 is 0 Å². The summed E-state index contributed by atoms with van der Waals surface area (Å²) in [4.78, 5) is 21.4. The Morgan fingerprint density at radius 3 is 2.46 bits per heavy atom. The number of amides is 1. The minimum atomic E-state index is -0.113. The summed E-state index contributed by atoms with van der Waals surface area (Å²) in [5.74, 6) is 2.20. The zero-order valence-corrected chi connectivity index (χ0v) is 16.8. The van der Waals surface area contributed by atoms with Crippen LogP contribution in [0, 0.1) is 0 Å². The van der Waals surface area contributed by atoms with Gasteiger partial charge in [-0.3, -0.25) is 4.79 Å². The Morgan fingerprint density at radius 1 is 1.07 bits per heavy atom. The molecule has 1 saturated heterocycles. The van der Waals surface area contributed by atoms with Crippen molar-refractivity contribution in [3.8, 4) is 11.5 Å². The molecule has 3 rings (SSSR count). The molecule has 7 heteroatoms. The van der Waals surface area contributed by atoms with Crippen LogP contribution >= 0.6 is 0 Å². The zero-order valence-electron chi connectivity index (χ0n) is 16.8. The van der Waals surface area contributed by atoms with Crippen molar-refractivity contribution in [3.63, 3.8) is 0 Å². The normalized spacial score (nSPS) is 14.6. The van der Waals surface area contributed by atoms with Gasteiger partial charge in [0.2, 0.25) is 0 Å². The Morgan fingerprint density at radius 2 is 1.82 bits per heavy atom. The number of rotatable bonds is 7. The van der Waals surface area contributed by atoms with Gasteiger partial charge < -0.3 is 24.6 Å². The fourth-order valence-corrected chi connectivity index (χ4v) is 3.20. The molecule has 1 amide bonds. The van der Waals surface area contributed by atoms with E-state index in [1.165, 1.54) is 0 Å². The highest BCUT2D eigenvalue weighted by Gasteiger charge is 2.15. The molecule has 1 N–H and O–H groups in total. The van der Waals surface area contributed by atoms with Gasteiger partial charge in [0.25, 0.3) is 5.91 Å². The van der Waals surface area contributed by atoms with Crippen molar-refractivity contribution < 1.29 is 14.3 Å². The van der Waals surface area contributed by atoms with Crippen molar-refractivity contribution in [2.45, 2.75) is 6.42 Å². The summed E-state index contributed by atoms with van der Waals surface area (Å²) >= 11 is 0. The SMILES string of the molecule is COc1ccc(CCNC(=O)c2ccc(N3CCN(C)CC3)nc2)cc1OC. The Bertz CT molecular complexity index is 787. The van der Waals surface area contributed by atoms with Crippen molar-refractivity contribution in [2.24, 2.45) is 0 Å². The Hall–Kier alpha value is -2.80. The molecule has 0 saturated carbocycles. The van der Waals surface area contributed by atoms with Gasteiger partial charge in [0.1, 0.15) is 5.82 Å². The molecule has 2 aromatic rings. The number of aromatic nitrogens is 1. The zero-order chi connectivity index (χ0) is 19.9. The molecular formula is C21H28N4O3. The largest absolute Gasteiger partial charge is 0.493 e. The maximum Gasteiger partial charge on any atom is 0.252 e. The van der Waals surface area contributed by atoms with Gasteiger partial charge in [0, 0.05) is 38.9 Å². The van der Waals surface area contributed by atoms with Crippen LogP contribution in [0.5, 0.6) is 11.5 Å². The first-order valence-corrected chi connectivity index (χ1v) is 9.49. The van der Waals surface area contributed by atoms with E-state index in [4.69, 9.17) is 9.47 Å². The lowest BCUT2D eigenvalue weighted by molar-refractivity contribution is 0.0954. The Labute approximate surface area is 166 Å². The van der Waals surface area contributed by atoms with E-state index in [0.29, 0.717) is 30.0 Å². The average Bonchev–Trinajstić information content (AvgIpc) is 2.74. The topological polar surface area (TPSA) is 66.9 Å². The van der Waals surface area contributed by atoms with Crippen LogP contribution in [-0.4, -0.2) is 69.8 Å². The first kappa shape index (κ1) is 19.9. The fourth-order valence-electron chi connectivity index (χ4n) is 3.20. The van der Waals surface area contributed by atoms with Crippen molar-refractivity contribution in [3.05, 3.63) is 47.7 Å². The highest BCUT2D eigenvalue weighted by Crippen LogP contribution is 2.27. The summed E-state index contributed by atoms with van der Waals surface area (Å²) in [5.41, 5.74) is 1.65. The number of piperazine rings is 1. The first-order valence-electron chi connectivity index (χ1n) is 9.49. The average molecular weight is 384 g/mol. The third kappa shape index (κ3) is 4.92. The Kier molecular flexibility index (Phi) is 6.71. The van der Waals surface area contributed by atoms with Crippen LogP contribution in [0.3, 0.4) is 0 Å². The van der Waals surface area contributed by atoms with E-state index in [2.05, 4.69) is 27.1 Å². The molecule has 150 valence electrons. The molecule has 0 atom stereocenters. The number of methoxy groups -OCH3 is 2. The molecule has 1 aromatic carbocycles. The van der Waals surface area contributed by atoms with Crippen molar-refractivity contribution in [1.82, 2.24) is 15.2 Å². The lowest BCUT2D eigenvalue weighted by Crippen LogP contribution is -2.44. The second-order valence-corrected chi connectivity index (χ2v) is 6.89. The molecule has 0 aliphatic carbocycles. The van der Waals surface area contributed by atoms with Crippen LogP contribution in [0.25, 0.3) is 0 Å². The van der Waals surface area contributed by atoms with Crippen LogP contribution in [0.2, 0.25) is 0 Å². The second kappa shape index (κ2) is 9.41. The summed E-state index contributed by atoms with van der Waals surface area (Å²) in [6.45, 7) is 4.51. The predicted molar refractivity (Wildman–Crippen MR) is 110 cm³/mol. The van der Waals surface area contributed by atoms with E-state index in [1.807, 2.05) is 30.3 Å². The lowest BCUT2D eigenvalue weighted by atomic mass is 10.1. The summed E-state index contributed by atoms with van der Waals surface area (Å²) in [5, 5.41) is 2.95. The number of benzene rings is 1. The summed E-state index contributed by atoms with van der Waals surface area (Å²) in [7, 11) is 5.35. The number of nitrogens with zero attached hydrogens (tertiary/aromatic N) is 3. The molecule has 0 bridgehead atoms. The molecule has 1 aromatic heterocycles. The number of likely N-dealkylation sites (N-methyl/N-ethyl adjacent to an activating group) is 1. The van der Waals surface area contributed by atoms with Gasteiger partial charge in [-0.2, -0.15) is 0 Å². The third-order valence-corrected chi connectivity index (χ3v) is 4.98. The quantitative estimate of drug-likeness (QED) is 0.786. The second-order valence-electron chi connectivity index (χ2n) is 6.89. The van der Waals surface area contributed by atoms with Crippen molar-refractivity contribution in [2.75, 3.05) is 58.9 Å². The fraction of sp³-hybridized carbons (Fsp3) is 0.429. The molecule has 0 spiro atoms. The maximum atomic E-state index is 12.4. The van der Waals surface area contributed by atoms with Crippen LogP contribution < -0.4 is 19.7 Å². The highest BCUT2D eigenvalue weighted by molar-refractivity contribution is 5.94.